The van der Waals surface area contributed by atoms with Crippen molar-refractivity contribution in [1.82, 2.24) is 5.32 Å². The predicted octanol–water partition coefficient (Wildman–Crippen LogP) is 16.2. The van der Waals surface area contributed by atoms with Crippen molar-refractivity contribution in [2.45, 2.75) is 484 Å². The molecule has 0 bridgehead atoms. The van der Waals surface area contributed by atoms with Gasteiger partial charge in [0.25, 0.3) is 0 Å². The van der Waals surface area contributed by atoms with E-state index >= 15 is 0 Å². The Morgan fingerprint density at radius 3 is 0.943 bits per heavy atom. The molecule has 3 aliphatic heterocycles. The van der Waals surface area contributed by atoms with Crippen molar-refractivity contribution < 1.29 is 89.4 Å². The zero-order valence-corrected chi connectivity index (χ0v) is 67.2. The molecule has 3 saturated heterocycles. The van der Waals surface area contributed by atoms with E-state index in [1.54, 1.807) is 6.08 Å². The van der Waals surface area contributed by atoms with Crippen LogP contribution < -0.4 is 5.32 Å². The highest BCUT2D eigenvalue weighted by atomic mass is 16.8. The van der Waals surface area contributed by atoms with Crippen LogP contribution in [0.25, 0.3) is 0 Å². The number of aliphatic hydroxyl groups excluding tert-OH is 11. The number of amides is 1. The highest BCUT2D eigenvalue weighted by Crippen LogP contribution is 2.34. The predicted molar refractivity (Wildman–Crippen MR) is 425 cm³/mol. The van der Waals surface area contributed by atoms with Gasteiger partial charge in [-0.25, -0.2) is 0 Å². The summed E-state index contributed by atoms with van der Waals surface area (Å²) in [6.07, 6.45) is 58.7. The first-order valence-corrected chi connectivity index (χ1v) is 44.2. The Bertz CT molecular complexity index is 2050. The largest absolute Gasteiger partial charge is 0.394 e. The normalized spacial score (nSPS) is 25.8. The van der Waals surface area contributed by atoms with Crippen molar-refractivity contribution in [2.75, 3.05) is 26.4 Å². The third-order valence-corrected chi connectivity index (χ3v) is 22.2. The van der Waals surface area contributed by atoms with Crippen LogP contribution in [-0.2, 0) is 33.2 Å². The lowest BCUT2D eigenvalue weighted by atomic mass is 9.96. The zero-order chi connectivity index (χ0) is 76.7. The van der Waals surface area contributed by atoms with E-state index in [1.807, 2.05) is 6.08 Å². The van der Waals surface area contributed by atoms with Gasteiger partial charge in [0, 0.05) is 6.42 Å². The molecule has 0 saturated carbocycles. The lowest BCUT2D eigenvalue weighted by molar-refractivity contribution is -0.379. The van der Waals surface area contributed by atoms with Crippen LogP contribution in [0.3, 0.4) is 0 Å². The molecule has 3 aliphatic rings. The van der Waals surface area contributed by atoms with E-state index in [2.05, 4.69) is 43.5 Å². The summed E-state index contributed by atoms with van der Waals surface area (Å²) in [5.74, 6) is -0.278. The van der Waals surface area contributed by atoms with E-state index < -0.39 is 124 Å². The Morgan fingerprint density at radius 1 is 0.330 bits per heavy atom. The maximum Gasteiger partial charge on any atom is 0.220 e. The Hall–Kier alpha value is -1.99. The summed E-state index contributed by atoms with van der Waals surface area (Å²) in [4.78, 5) is 13.5. The zero-order valence-electron chi connectivity index (χ0n) is 67.2. The molecule has 0 aliphatic carbocycles. The number of carbonyl (C=O) groups is 1. The number of rotatable bonds is 72. The summed E-state index contributed by atoms with van der Waals surface area (Å²) in [6, 6.07) is -0.991. The van der Waals surface area contributed by atoms with Crippen molar-refractivity contribution in [3.63, 3.8) is 0 Å². The molecular formula is C87H163NO18. The average Bonchev–Trinajstić information content (AvgIpc) is 0.780. The van der Waals surface area contributed by atoms with Crippen LogP contribution in [0.2, 0.25) is 0 Å². The van der Waals surface area contributed by atoms with Crippen LogP contribution in [0.5, 0.6) is 0 Å². The highest BCUT2D eigenvalue weighted by Gasteiger charge is 2.54. The van der Waals surface area contributed by atoms with Crippen LogP contribution in [0.15, 0.2) is 36.5 Å². The number of aliphatic hydroxyl groups is 11. The summed E-state index contributed by atoms with van der Waals surface area (Å²) >= 11 is 0. The van der Waals surface area contributed by atoms with Crippen molar-refractivity contribution >= 4 is 5.91 Å². The topological polar surface area (TPSA) is 307 Å². The second-order valence-corrected chi connectivity index (χ2v) is 31.7. The molecule has 0 spiro atoms. The molecule has 624 valence electrons. The molecule has 3 fully saturated rings. The average molecular weight is 1510 g/mol. The monoisotopic (exact) mass is 1510 g/mol. The molecule has 17 atom stereocenters. The number of ether oxygens (including phenoxy) is 6. The number of hydrogen-bond acceptors (Lipinski definition) is 18. The van der Waals surface area contributed by atoms with Crippen molar-refractivity contribution in [2.24, 2.45) is 0 Å². The minimum absolute atomic E-state index is 0.239. The SMILES string of the molecule is CCCCCCCCCC/C=C\CCCCCCCCCCCCCCCCCCCCCC(=O)NC(COC1OC(CO)C(OC2OC(CO)C(OC3OC(CO)C(O)C(O)C3O)C(O)C2O)C(O)C1O)C(O)/C=C/CC/C=C/CCCCCCCCCCCCCCCCCCCCCCCCCC. The molecule has 106 heavy (non-hydrogen) atoms. The second-order valence-electron chi connectivity index (χ2n) is 31.7. The van der Waals surface area contributed by atoms with Gasteiger partial charge in [0.1, 0.15) is 73.2 Å². The van der Waals surface area contributed by atoms with Crippen LogP contribution >= 0.6 is 0 Å². The lowest BCUT2D eigenvalue weighted by Crippen LogP contribution is -2.66. The molecule has 0 aromatic heterocycles. The van der Waals surface area contributed by atoms with Crippen molar-refractivity contribution in [3.05, 3.63) is 36.5 Å². The molecule has 0 radical (unpaired) electrons. The van der Waals surface area contributed by atoms with Gasteiger partial charge >= 0.3 is 0 Å². The lowest BCUT2D eigenvalue weighted by Gasteiger charge is -2.48. The number of unbranched alkanes of at least 4 members (excludes halogenated alkanes) is 52. The smallest absolute Gasteiger partial charge is 0.220 e. The molecule has 1 amide bonds. The summed E-state index contributed by atoms with van der Waals surface area (Å²) < 4.78 is 34.5. The Labute approximate surface area is 644 Å². The fourth-order valence-corrected chi connectivity index (χ4v) is 15.1. The van der Waals surface area contributed by atoms with Gasteiger partial charge < -0.3 is 89.9 Å². The molecule has 17 unspecified atom stereocenters. The van der Waals surface area contributed by atoms with Gasteiger partial charge in [0.2, 0.25) is 5.91 Å². The molecule has 3 heterocycles. The van der Waals surface area contributed by atoms with E-state index in [0.29, 0.717) is 12.8 Å². The number of nitrogens with one attached hydrogen (secondary N) is 1. The van der Waals surface area contributed by atoms with E-state index in [1.165, 1.54) is 308 Å². The summed E-state index contributed by atoms with van der Waals surface area (Å²) in [5.41, 5.74) is 0. The number of allylic oxidation sites excluding steroid dienone is 5. The van der Waals surface area contributed by atoms with Crippen LogP contribution in [-0.4, -0.2) is 193 Å². The number of carbonyl (C=O) groups excluding carboxylic acids is 1. The maximum absolute atomic E-state index is 13.5. The fraction of sp³-hybridized carbons (Fsp3) is 0.920. The van der Waals surface area contributed by atoms with Gasteiger partial charge in [-0.1, -0.05) is 352 Å². The highest BCUT2D eigenvalue weighted by molar-refractivity contribution is 5.76. The van der Waals surface area contributed by atoms with Gasteiger partial charge in [-0.2, -0.15) is 0 Å². The van der Waals surface area contributed by atoms with Gasteiger partial charge in [-0.05, 0) is 57.8 Å². The number of hydrogen-bond donors (Lipinski definition) is 12. The first kappa shape index (κ1) is 98.2. The maximum atomic E-state index is 13.5. The second kappa shape index (κ2) is 67.5. The van der Waals surface area contributed by atoms with Gasteiger partial charge in [-0.3, -0.25) is 4.79 Å². The molecular weight excluding hydrogens is 1350 g/mol. The van der Waals surface area contributed by atoms with Gasteiger partial charge in [0.05, 0.1) is 38.6 Å². The molecule has 0 aromatic carbocycles. The summed E-state index contributed by atoms with van der Waals surface area (Å²) in [5, 5.41) is 121. The minimum atomic E-state index is -1.98. The third-order valence-electron chi connectivity index (χ3n) is 22.2. The molecule has 3 rings (SSSR count). The standard InChI is InChI=1S/C87H163NO18/c1-3-5-7-9-11-13-15-17-19-21-23-25-27-29-31-33-35-37-39-41-43-45-47-49-51-53-55-57-59-61-63-65-75(93)88-70(71(92)64-62-60-58-56-54-52-50-48-46-44-42-40-38-36-34-32-30-28-26-24-22-20-18-16-14-12-10-8-6-4-2)69-101-85-81(99)78(96)83(73(67-90)103-85)106-87-82(100)79(97)84(74(68-91)104-87)105-86-80(98)77(95)76(94)72(66-89)102-86/h21,23,54,56,62,64,70-74,76-87,89-92,94-100H,3-20,22,24-53,55,57-61,63,65-69H2,1-2H3,(H,88,93)/b23-21-,56-54+,64-62+. The minimum Gasteiger partial charge on any atom is -0.394 e. The summed E-state index contributed by atoms with van der Waals surface area (Å²) in [7, 11) is 0. The summed E-state index contributed by atoms with van der Waals surface area (Å²) in [6.45, 7) is 1.78. The molecule has 19 heteroatoms. The molecule has 0 aromatic rings. The Balaban J connectivity index is 1.35. The van der Waals surface area contributed by atoms with Gasteiger partial charge in [0.15, 0.2) is 18.9 Å². The quantitative estimate of drug-likeness (QED) is 0.0199. The first-order chi connectivity index (χ1) is 51.8. The van der Waals surface area contributed by atoms with Crippen molar-refractivity contribution in [1.29, 1.82) is 0 Å². The van der Waals surface area contributed by atoms with E-state index in [4.69, 9.17) is 28.4 Å². The Kier molecular flexibility index (Phi) is 62.5. The van der Waals surface area contributed by atoms with E-state index in [0.717, 1.165) is 38.5 Å². The van der Waals surface area contributed by atoms with E-state index in [9.17, 15) is 61.0 Å². The van der Waals surface area contributed by atoms with Crippen LogP contribution in [0.4, 0.5) is 0 Å². The van der Waals surface area contributed by atoms with Gasteiger partial charge in [-0.15, -0.1) is 0 Å². The fourth-order valence-electron chi connectivity index (χ4n) is 15.1. The van der Waals surface area contributed by atoms with E-state index in [-0.39, 0.29) is 18.9 Å². The molecule has 12 N–H and O–H groups in total. The van der Waals surface area contributed by atoms with Crippen LogP contribution in [0.1, 0.15) is 380 Å². The van der Waals surface area contributed by atoms with Crippen LogP contribution in [0, 0.1) is 0 Å². The Morgan fingerprint density at radius 2 is 0.604 bits per heavy atom. The van der Waals surface area contributed by atoms with Crippen molar-refractivity contribution in [3.8, 4) is 0 Å². The first-order valence-electron chi connectivity index (χ1n) is 44.2. The third kappa shape index (κ3) is 46.3. The molecule has 19 nitrogen and oxygen atoms in total.